The highest BCUT2D eigenvalue weighted by atomic mass is 32.2. The summed E-state index contributed by atoms with van der Waals surface area (Å²) in [7, 11) is 0. The van der Waals surface area contributed by atoms with E-state index in [-0.39, 0.29) is 5.92 Å². The number of benzene rings is 1. The maximum absolute atomic E-state index is 12.4. The molecule has 2 aromatic rings. The van der Waals surface area contributed by atoms with Gasteiger partial charge in [-0.15, -0.1) is 11.8 Å². The SMILES string of the molecule is O=C(c1cnn(CC2CSc3ccccc32)c1)C(F)(F)F. The van der Waals surface area contributed by atoms with Crippen LogP contribution in [0, 0.1) is 0 Å². The van der Waals surface area contributed by atoms with Gasteiger partial charge in [-0.05, 0) is 11.6 Å². The first-order valence-corrected chi connectivity index (χ1v) is 7.29. The predicted molar refractivity (Wildman–Crippen MR) is 72.5 cm³/mol. The van der Waals surface area contributed by atoms with Crippen LogP contribution in [0.5, 0.6) is 0 Å². The lowest BCUT2D eigenvalue weighted by atomic mass is 10.0. The Kier molecular flexibility index (Phi) is 3.52. The number of hydrogen-bond acceptors (Lipinski definition) is 3. The van der Waals surface area contributed by atoms with E-state index in [2.05, 4.69) is 5.10 Å². The van der Waals surface area contributed by atoms with E-state index in [1.807, 2.05) is 24.3 Å². The van der Waals surface area contributed by atoms with Gasteiger partial charge in [-0.3, -0.25) is 9.48 Å². The van der Waals surface area contributed by atoms with Crippen molar-refractivity contribution in [2.24, 2.45) is 0 Å². The number of nitrogens with zero attached hydrogens (tertiary/aromatic N) is 2. The van der Waals surface area contributed by atoms with Crippen LogP contribution < -0.4 is 0 Å². The fourth-order valence-electron chi connectivity index (χ4n) is 2.35. The van der Waals surface area contributed by atoms with E-state index >= 15 is 0 Å². The zero-order valence-electron chi connectivity index (χ0n) is 10.8. The Morgan fingerprint density at radius 1 is 1.38 bits per heavy atom. The third kappa shape index (κ3) is 2.83. The third-order valence-electron chi connectivity index (χ3n) is 3.36. The minimum Gasteiger partial charge on any atom is -0.284 e. The van der Waals surface area contributed by atoms with Crippen molar-refractivity contribution in [3.05, 3.63) is 47.8 Å². The van der Waals surface area contributed by atoms with Crippen LogP contribution >= 0.6 is 11.8 Å². The summed E-state index contributed by atoms with van der Waals surface area (Å²) in [6, 6.07) is 7.95. The molecule has 1 unspecified atom stereocenters. The maximum atomic E-state index is 12.4. The van der Waals surface area contributed by atoms with Crippen LogP contribution in [0.3, 0.4) is 0 Å². The van der Waals surface area contributed by atoms with Crippen molar-refractivity contribution in [1.82, 2.24) is 9.78 Å². The summed E-state index contributed by atoms with van der Waals surface area (Å²) >= 11 is 1.72. The fourth-order valence-corrected chi connectivity index (χ4v) is 3.59. The topological polar surface area (TPSA) is 34.9 Å². The van der Waals surface area contributed by atoms with E-state index in [1.54, 1.807) is 11.8 Å². The summed E-state index contributed by atoms with van der Waals surface area (Å²) in [4.78, 5) is 12.3. The van der Waals surface area contributed by atoms with Gasteiger partial charge in [0.1, 0.15) is 0 Å². The lowest BCUT2D eigenvalue weighted by Gasteiger charge is -2.10. The first kappa shape index (κ1) is 14.2. The first-order valence-electron chi connectivity index (χ1n) is 6.31. The van der Waals surface area contributed by atoms with Gasteiger partial charge in [0.05, 0.1) is 11.8 Å². The molecule has 0 bridgehead atoms. The number of fused-ring (bicyclic) bond motifs is 1. The largest absolute Gasteiger partial charge is 0.454 e. The summed E-state index contributed by atoms with van der Waals surface area (Å²) in [6.45, 7) is 0.467. The highest BCUT2D eigenvalue weighted by molar-refractivity contribution is 7.99. The van der Waals surface area contributed by atoms with Gasteiger partial charge in [-0.1, -0.05) is 18.2 Å². The van der Waals surface area contributed by atoms with Crippen molar-refractivity contribution >= 4 is 17.5 Å². The number of thioether (sulfide) groups is 1. The lowest BCUT2D eigenvalue weighted by Crippen LogP contribution is -2.22. The summed E-state index contributed by atoms with van der Waals surface area (Å²) < 4.78 is 38.5. The predicted octanol–water partition coefficient (Wildman–Crippen LogP) is 3.52. The number of aromatic nitrogens is 2. The average molecular weight is 312 g/mol. The summed E-state index contributed by atoms with van der Waals surface area (Å²) in [5.74, 6) is -0.795. The number of carbonyl (C=O) groups excluding carboxylic acids is 1. The molecule has 0 fully saturated rings. The zero-order chi connectivity index (χ0) is 15.0. The quantitative estimate of drug-likeness (QED) is 0.813. The van der Waals surface area contributed by atoms with E-state index in [0.29, 0.717) is 6.54 Å². The van der Waals surface area contributed by atoms with Gasteiger partial charge >= 0.3 is 6.18 Å². The lowest BCUT2D eigenvalue weighted by molar-refractivity contribution is -0.0885. The molecule has 0 amide bonds. The van der Waals surface area contributed by atoms with Crippen molar-refractivity contribution in [2.75, 3.05) is 5.75 Å². The molecule has 2 heterocycles. The van der Waals surface area contributed by atoms with Crippen molar-refractivity contribution in [1.29, 1.82) is 0 Å². The smallest absolute Gasteiger partial charge is 0.284 e. The molecule has 1 atom stereocenters. The summed E-state index contributed by atoms with van der Waals surface area (Å²) in [5, 5.41) is 3.87. The van der Waals surface area contributed by atoms with Crippen LogP contribution in [0.15, 0.2) is 41.6 Å². The number of alkyl halides is 3. The van der Waals surface area contributed by atoms with E-state index < -0.39 is 17.5 Å². The molecule has 21 heavy (non-hydrogen) atoms. The molecule has 1 aromatic heterocycles. The maximum Gasteiger partial charge on any atom is 0.454 e. The number of carbonyl (C=O) groups is 1. The second-order valence-corrected chi connectivity index (χ2v) is 5.89. The van der Waals surface area contributed by atoms with E-state index in [0.717, 1.165) is 11.9 Å². The molecule has 1 aliphatic rings. The van der Waals surface area contributed by atoms with Crippen LogP contribution in [0.2, 0.25) is 0 Å². The van der Waals surface area contributed by atoms with Crippen LogP contribution in [0.1, 0.15) is 21.8 Å². The molecule has 7 heteroatoms. The number of halogens is 3. The molecular formula is C14H11F3N2OS. The molecule has 0 saturated carbocycles. The Labute approximate surface area is 123 Å². The molecule has 3 nitrogen and oxygen atoms in total. The molecule has 0 aliphatic carbocycles. The van der Waals surface area contributed by atoms with Crippen molar-refractivity contribution in [2.45, 2.75) is 23.5 Å². The second-order valence-electron chi connectivity index (χ2n) is 4.82. The highest BCUT2D eigenvalue weighted by Crippen LogP contribution is 2.39. The monoisotopic (exact) mass is 312 g/mol. The minimum absolute atomic E-state index is 0.194. The summed E-state index contributed by atoms with van der Waals surface area (Å²) in [5.41, 5.74) is 0.767. The van der Waals surface area contributed by atoms with Crippen molar-refractivity contribution in [3.63, 3.8) is 0 Å². The Balaban J connectivity index is 1.76. The summed E-state index contributed by atoms with van der Waals surface area (Å²) in [6.07, 6.45) is -2.71. The standard InChI is InChI=1S/C14H11F3N2OS/c15-14(16,17)13(20)9-5-18-19(6-9)7-10-8-21-12-4-2-1-3-11(10)12/h1-6,10H,7-8H2. The number of hydrogen-bond donors (Lipinski definition) is 0. The van der Waals surface area contributed by atoms with Crippen LogP contribution in [0.4, 0.5) is 13.2 Å². The molecule has 110 valence electrons. The van der Waals surface area contributed by atoms with Gasteiger partial charge in [0, 0.05) is 29.3 Å². The number of Topliss-reactive ketones (excluding diaryl/α,β-unsaturated/α-hetero) is 1. The first-order chi connectivity index (χ1) is 9.95. The van der Waals surface area contributed by atoms with Crippen molar-refractivity contribution < 1.29 is 18.0 Å². The second kappa shape index (κ2) is 5.22. The molecule has 1 aliphatic heterocycles. The highest BCUT2D eigenvalue weighted by Gasteiger charge is 2.40. The van der Waals surface area contributed by atoms with Crippen molar-refractivity contribution in [3.8, 4) is 0 Å². The van der Waals surface area contributed by atoms with E-state index in [4.69, 9.17) is 0 Å². The number of rotatable bonds is 3. The molecule has 0 spiro atoms. The average Bonchev–Trinajstić information content (AvgIpc) is 3.05. The van der Waals surface area contributed by atoms with Gasteiger partial charge in [-0.2, -0.15) is 18.3 Å². The molecule has 3 rings (SSSR count). The molecule has 1 aromatic carbocycles. The third-order valence-corrected chi connectivity index (χ3v) is 4.61. The minimum atomic E-state index is -4.86. The van der Waals surface area contributed by atoms with E-state index in [9.17, 15) is 18.0 Å². The van der Waals surface area contributed by atoms with Gasteiger partial charge in [-0.25, -0.2) is 0 Å². The van der Waals surface area contributed by atoms with Gasteiger partial charge < -0.3 is 0 Å². The van der Waals surface area contributed by atoms with Gasteiger partial charge in [0.15, 0.2) is 0 Å². The Bertz CT molecular complexity index is 681. The molecule has 0 saturated heterocycles. The zero-order valence-corrected chi connectivity index (χ0v) is 11.6. The Morgan fingerprint density at radius 2 is 2.14 bits per heavy atom. The van der Waals surface area contributed by atoms with Crippen LogP contribution in [-0.2, 0) is 6.54 Å². The Hall–Kier alpha value is -1.76. The van der Waals surface area contributed by atoms with E-state index in [1.165, 1.54) is 21.3 Å². The van der Waals surface area contributed by atoms with Crippen LogP contribution in [0.25, 0.3) is 0 Å². The molecular weight excluding hydrogens is 301 g/mol. The van der Waals surface area contributed by atoms with Gasteiger partial charge in [0.25, 0.3) is 5.78 Å². The van der Waals surface area contributed by atoms with Gasteiger partial charge in [0.2, 0.25) is 0 Å². The normalized spacial score (nSPS) is 17.8. The number of ketones is 1. The van der Waals surface area contributed by atoms with Crippen LogP contribution in [-0.4, -0.2) is 27.5 Å². The Morgan fingerprint density at radius 3 is 2.90 bits per heavy atom. The molecule has 0 radical (unpaired) electrons. The molecule has 0 N–H and O–H groups in total. The fraction of sp³-hybridized carbons (Fsp3) is 0.286.